The molecule has 1 saturated heterocycles. The number of urea groups is 1. The standard InChI is InChI=1S/C19H22N4O3S/c24-17-4-2-13-9-14(1-3-15(13)21-17)16-11-27-19(22-16)23-18(25)20-10-12-5-7-26-8-6-12/h1,3,9,11-12H,2,4-8,10H2,(H,21,24)(H2,20,22,23,25). The Labute approximate surface area is 161 Å². The van der Waals surface area contributed by atoms with Crippen LogP contribution in [0.25, 0.3) is 11.3 Å². The number of hydrogen-bond acceptors (Lipinski definition) is 5. The number of fused-ring (bicyclic) bond motifs is 1. The molecule has 3 amide bonds. The minimum atomic E-state index is -0.226. The Kier molecular flexibility index (Phi) is 5.35. The van der Waals surface area contributed by atoms with Gasteiger partial charge in [-0.15, -0.1) is 11.3 Å². The predicted octanol–water partition coefficient (Wildman–Crippen LogP) is 3.24. The van der Waals surface area contributed by atoms with Crippen LogP contribution in [0, 0.1) is 5.92 Å². The molecule has 2 aliphatic rings. The van der Waals surface area contributed by atoms with Gasteiger partial charge < -0.3 is 15.4 Å². The molecule has 142 valence electrons. The van der Waals surface area contributed by atoms with Gasteiger partial charge in [-0.1, -0.05) is 6.07 Å². The SMILES string of the molecule is O=C1CCc2cc(-c3csc(NC(=O)NCC4CCOCC4)n3)ccc2N1. The number of ether oxygens (including phenoxy) is 1. The van der Waals surface area contributed by atoms with E-state index >= 15 is 0 Å². The van der Waals surface area contributed by atoms with Crippen LogP contribution in [0.5, 0.6) is 0 Å². The molecule has 3 N–H and O–H groups in total. The molecule has 0 atom stereocenters. The lowest BCUT2D eigenvalue weighted by molar-refractivity contribution is -0.116. The zero-order valence-corrected chi connectivity index (χ0v) is 15.7. The second-order valence-corrected chi connectivity index (χ2v) is 7.71. The van der Waals surface area contributed by atoms with Gasteiger partial charge in [-0.05, 0) is 42.9 Å². The van der Waals surface area contributed by atoms with E-state index in [4.69, 9.17) is 4.74 Å². The molecule has 2 aromatic rings. The van der Waals surface area contributed by atoms with Gasteiger partial charge in [0.25, 0.3) is 0 Å². The first-order valence-corrected chi connectivity index (χ1v) is 10.1. The van der Waals surface area contributed by atoms with Crippen molar-refractivity contribution >= 4 is 34.1 Å². The van der Waals surface area contributed by atoms with Crippen LogP contribution in [-0.4, -0.2) is 36.7 Å². The van der Waals surface area contributed by atoms with Crippen molar-refractivity contribution in [1.82, 2.24) is 10.3 Å². The van der Waals surface area contributed by atoms with Gasteiger partial charge in [-0.25, -0.2) is 9.78 Å². The molecule has 7 nitrogen and oxygen atoms in total. The first kappa shape index (κ1) is 17.9. The van der Waals surface area contributed by atoms with E-state index in [9.17, 15) is 9.59 Å². The summed E-state index contributed by atoms with van der Waals surface area (Å²) >= 11 is 1.40. The molecular weight excluding hydrogens is 364 g/mol. The molecule has 0 spiro atoms. The summed E-state index contributed by atoms with van der Waals surface area (Å²) in [5.74, 6) is 0.537. The third kappa shape index (κ3) is 4.45. The minimum absolute atomic E-state index is 0.0576. The number of amides is 3. The fraction of sp³-hybridized carbons (Fsp3) is 0.421. The average molecular weight is 386 g/mol. The normalized spacial score (nSPS) is 17.1. The van der Waals surface area contributed by atoms with Gasteiger partial charge in [-0.2, -0.15) is 0 Å². The highest BCUT2D eigenvalue weighted by molar-refractivity contribution is 7.14. The topological polar surface area (TPSA) is 92.4 Å². The minimum Gasteiger partial charge on any atom is -0.381 e. The molecule has 0 radical (unpaired) electrons. The highest BCUT2D eigenvalue weighted by atomic mass is 32.1. The lowest BCUT2D eigenvalue weighted by Gasteiger charge is -2.22. The molecule has 0 bridgehead atoms. The number of rotatable bonds is 4. The van der Waals surface area contributed by atoms with Crippen LogP contribution in [0.2, 0.25) is 0 Å². The van der Waals surface area contributed by atoms with Crippen molar-refractivity contribution < 1.29 is 14.3 Å². The van der Waals surface area contributed by atoms with Crippen molar-refractivity contribution in [2.75, 3.05) is 30.4 Å². The molecule has 0 saturated carbocycles. The number of nitrogens with zero attached hydrogens (tertiary/aromatic N) is 1. The summed E-state index contributed by atoms with van der Waals surface area (Å²) in [7, 11) is 0. The number of anilines is 2. The Morgan fingerprint density at radius 1 is 1.30 bits per heavy atom. The van der Waals surface area contributed by atoms with Crippen molar-refractivity contribution in [2.24, 2.45) is 5.92 Å². The van der Waals surface area contributed by atoms with Gasteiger partial charge in [-0.3, -0.25) is 10.1 Å². The second kappa shape index (κ2) is 8.06. The zero-order chi connectivity index (χ0) is 18.6. The fourth-order valence-electron chi connectivity index (χ4n) is 3.34. The smallest absolute Gasteiger partial charge is 0.321 e. The average Bonchev–Trinajstić information content (AvgIpc) is 3.15. The van der Waals surface area contributed by atoms with E-state index in [1.807, 2.05) is 17.5 Å². The van der Waals surface area contributed by atoms with E-state index < -0.39 is 0 Å². The monoisotopic (exact) mass is 386 g/mol. The lowest BCUT2D eigenvalue weighted by atomic mass is 9.99. The zero-order valence-electron chi connectivity index (χ0n) is 14.9. The fourth-order valence-corrected chi connectivity index (χ4v) is 4.05. The summed E-state index contributed by atoms with van der Waals surface area (Å²) in [5.41, 5.74) is 3.79. The molecule has 1 aromatic carbocycles. The van der Waals surface area contributed by atoms with Crippen molar-refractivity contribution in [3.63, 3.8) is 0 Å². The van der Waals surface area contributed by atoms with E-state index in [0.29, 0.717) is 24.0 Å². The highest BCUT2D eigenvalue weighted by Gasteiger charge is 2.17. The number of benzene rings is 1. The van der Waals surface area contributed by atoms with Crippen LogP contribution in [-0.2, 0) is 16.0 Å². The highest BCUT2D eigenvalue weighted by Crippen LogP contribution is 2.30. The summed E-state index contributed by atoms with van der Waals surface area (Å²) in [5, 5.41) is 11.1. The maximum absolute atomic E-state index is 12.1. The van der Waals surface area contributed by atoms with Gasteiger partial charge in [0.2, 0.25) is 5.91 Å². The molecule has 8 heteroatoms. The Balaban J connectivity index is 1.35. The van der Waals surface area contributed by atoms with E-state index in [1.54, 1.807) is 0 Å². The first-order valence-electron chi connectivity index (χ1n) is 9.18. The second-order valence-electron chi connectivity index (χ2n) is 6.85. The van der Waals surface area contributed by atoms with Crippen LogP contribution >= 0.6 is 11.3 Å². The summed E-state index contributed by atoms with van der Waals surface area (Å²) in [4.78, 5) is 28.1. The van der Waals surface area contributed by atoms with Crippen LogP contribution in [0.4, 0.5) is 15.6 Å². The number of thiazole rings is 1. The molecule has 27 heavy (non-hydrogen) atoms. The molecule has 0 unspecified atom stereocenters. The van der Waals surface area contributed by atoms with Gasteiger partial charge >= 0.3 is 6.03 Å². The molecule has 3 heterocycles. The molecule has 1 fully saturated rings. The number of aryl methyl sites for hydroxylation is 1. The van der Waals surface area contributed by atoms with Crippen molar-refractivity contribution in [2.45, 2.75) is 25.7 Å². The predicted molar refractivity (Wildman–Crippen MR) is 105 cm³/mol. The van der Waals surface area contributed by atoms with Crippen molar-refractivity contribution in [3.05, 3.63) is 29.1 Å². The summed E-state index contributed by atoms with van der Waals surface area (Å²) in [6.07, 6.45) is 3.22. The van der Waals surface area contributed by atoms with Crippen LogP contribution in [0.3, 0.4) is 0 Å². The van der Waals surface area contributed by atoms with E-state index in [0.717, 1.165) is 55.0 Å². The van der Waals surface area contributed by atoms with Crippen LogP contribution in [0.15, 0.2) is 23.6 Å². The molecule has 0 aliphatic carbocycles. The molecule has 1 aromatic heterocycles. The Morgan fingerprint density at radius 3 is 3.00 bits per heavy atom. The molecule has 2 aliphatic heterocycles. The van der Waals surface area contributed by atoms with Gasteiger partial charge in [0.05, 0.1) is 5.69 Å². The number of carbonyl (C=O) groups excluding carboxylic acids is 2. The Hall–Kier alpha value is -2.45. The number of nitrogens with one attached hydrogen (secondary N) is 3. The van der Waals surface area contributed by atoms with Gasteiger partial charge in [0, 0.05) is 42.8 Å². The summed E-state index contributed by atoms with van der Waals surface area (Å²) < 4.78 is 5.33. The Bertz CT molecular complexity index is 845. The maximum atomic E-state index is 12.1. The maximum Gasteiger partial charge on any atom is 0.321 e. The molecule has 4 rings (SSSR count). The molecular formula is C19H22N4O3S. The summed E-state index contributed by atoms with van der Waals surface area (Å²) in [6, 6.07) is 5.68. The van der Waals surface area contributed by atoms with Crippen molar-refractivity contribution in [3.8, 4) is 11.3 Å². The third-order valence-electron chi connectivity index (χ3n) is 4.91. The number of hydrogen-bond donors (Lipinski definition) is 3. The van der Waals surface area contributed by atoms with E-state index in [1.165, 1.54) is 11.3 Å². The quantitative estimate of drug-likeness (QED) is 0.752. The summed E-state index contributed by atoms with van der Waals surface area (Å²) in [6.45, 7) is 2.20. The van der Waals surface area contributed by atoms with Crippen LogP contribution < -0.4 is 16.0 Å². The van der Waals surface area contributed by atoms with E-state index in [-0.39, 0.29) is 11.9 Å². The van der Waals surface area contributed by atoms with Gasteiger partial charge in [0.1, 0.15) is 0 Å². The van der Waals surface area contributed by atoms with Crippen LogP contribution in [0.1, 0.15) is 24.8 Å². The number of carbonyl (C=O) groups is 2. The Morgan fingerprint density at radius 2 is 2.15 bits per heavy atom. The third-order valence-corrected chi connectivity index (χ3v) is 5.67. The largest absolute Gasteiger partial charge is 0.381 e. The van der Waals surface area contributed by atoms with Crippen molar-refractivity contribution in [1.29, 1.82) is 0 Å². The number of aromatic nitrogens is 1. The van der Waals surface area contributed by atoms with E-state index in [2.05, 4.69) is 27.0 Å². The lowest BCUT2D eigenvalue weighted by Crippen LogP contribution is -2.35. The van der Waals surface area contributed by atoms with Gasteiger partial charge in [0.15, 0.2) is 5.13 Å². The first-order chi connectivity index (χ1) is 13.2.